The molecule has 0 spiro atoms. The van der Waals surface area contributed by atoms with E-state index in [1.165, 1.54) is 49.0 Å². The molecule has 9 nitrogen and oxygen atoms in total. The largest absolute Gasteiger partial charge is 0.493 e. The Morgan fingerprint density at radius 3 is 2.34 bits per heavy atom. The van der Waals surface area contributed by atoms with Crippen molar-refractivity contribution in [2.45, 2.75) is 18.7 Å². The van der Waals surface area contributed by atoms with Gasteiger partial charge in [0.1, 0.15) is 0 Å². The number of halogens is 1. The molecule has 32 heavy (non-hydrogen) atoms. The number of hydrogen-bond acceptors (Lipinski definition) is 7. The third-order valence-corrected chi connectivity index (χ3v) is 6.75. The van der Waals surface area contributed by atoms with E-state index in [9.17, 15) is 13.2 Å². The molecule has 0 aromatic heterocycles. The normalized spacial score (nSPS) is 11.6. The van der Waals surface area contributed by atoms with Gasteiger partial charge in [-0.15, -0.1) is 0 Å². The average molecular weight is 484 g/mol. The maximum absolute atomic E-state index is 12.5. The molecule has 0 saturated heterocycles. The number of carbonyl (C=O) groups is 1. The number of hydrogen-bond donors (Lipinski definition) is 1. The first kappa shape index (κ1) is 25.4. The Balaban J connectivity index is 1.93. The van der Waals surface area contributed by atoms with Gasteiger partial charge < -0.3 is 19.6 Å². The Hall–Kier alpha value is -2.82. The smallest absolute Gasteiger partial charge is 0.265 e. The van der Waals surface area contributed by atoms with Gasteiger partial charge in [-0.1, -0.05) is 30.6 Å². The molecule has 174 valence electrons. The Bertz CT molecular complexity index is 1050. The second kappa shape index (κ2) is 11.7. The zero-order chi connectivity index (χ0) is 23.7. The third kappa shape index (κ3) is 6.35. The highest BCUT2D eigenvalue weighted by Gasteiger charge is 2.21. The second-order valence-corrected chi connectivity index (χ2v) is 8.75. The van der Waals surface area contributed by atoms with Gasteiger partial charge in [0.2, 0.25) is 10.0 Å². The lowest BCUT2D eigenvalue weighted by molar-refractivity contribution is -0.120. The lowest BCUT2D eigenvalue weighted by Crippen LogP contribution is -2.30. The minimum Gasteiger partial charge on any atom is -0.493 e. The first-order valence-corrected chi connectivity index (χ1v) is 11.6. The van der Waals surface area contributed by atoms with Gasteiger partial charge in [-0.25, -0.2) is 8.42 Å². The van der Waals surface area contributed by atoms with Crippen LogP contribution in [0.2, 0.25) is 5.02 Å². The van der Waals surface area contributed by atoms with E-state index in [0.29, 0.717) is 40.9 Å². The van der Waals surface area contributed by atoms with E-state index in [1.807, 2.05) is 0 Å². The predicted octanol–water partition coefficient (Wildman–Crippen LogP) is 3.38. The minimum absolute atomic E-state index is 0.161. The molecule has 1 amide bonds. The summed E-state index contributed by atoms with van der Waals surface area (Å²) in [6.45, 7) is 3.97. The van der Waals surface area contributed by atoms with Gasteiger partial charge in [0, 0.05) is 24.3 Å². The standard InChI is InChI=1S/C21H26ClN3O6S/c1-5-25(6-2)32(27,28)17-9-7-16(8-10-17)24-20(26)14-31-23-13-15-11-18(22)21(30-4)19(12-15)29-3/h7-13H,5-6,14H2,1-4H3,(H,24,26)/b23-13+. The summed E-state index contributed by atoms with van der Waals surface area (Å²) in [5.41, 5.74) is 1.03. The van der Waals surface area contributed by atoms with E-state index in [1.54, 1.807) is 26.0 Å². The number of carbonyl (C=O) groups excluding carboxylic acids is 1. The van der Waals surface area contributed by atoms with E-state index in [0.717, 1.165) is 0 Å². The first-order chi connectivity index (χ1) is 15.3. The summed E-state index contributed by atoms with van der Waals surface area (Å²) in [4.78, 5) is 17.2. The summed E-state index contributed by atoms with van der Waals surface area (Å²) >= 11 is 6.13. The third-order valence-electron chi connectivity index (χ3n) is 4.41. The lowest BCUT2D eigenvalue weighted by Gasteiger charge is -2.18. The maximum Gasteiger partial charge on any atom is 0.265 e. The molecule has 2 aromatic rings. The molecule has 11 heteroatoms. The Morgan fingerprint density at radius 2 is 1.78 bits per heavy atom. The minimum atomic E-state index is -3.55. The quantitative estimate of drug-likeness (QED) is 0.388. The lowest BCUT2D eigenvalue weighted by atomic mass is 10.2. The fourth-order valence-corrected chi connectivity index (χ4v) is 4.58. The highest BCUT2D eigenvalue weighted by atomic mass is 35.5. The van der Waals surface area contributed by atoms with E-state index in [-0.39, 0.29) is 11.5 Å². The second-order valence-electron chi connectivity index (χ2n) is 6.41. The zero-order valence-corrected chi connectivity index (χ0v) is 19.9. The number of anilines is 1. The van der Waals surface area contributed by atoms with Crippen molar-refractivity contribution < 1.29 is 27.5 Å². The van der Waals surface area contributed by atoms with Crippen LogP contribution in [-0.4, -0.2) is 58.8 Å². The van der Waals surface area contributed by atoms with Crippen LogP contribution in [0.1, 0.15) is 19.4 Å². The highest BCUT2D eigenvalue weighted by molar-refractivity contribution is 7.89. The number of rotatable bonds is 11. The topological polar surface area (TPSA) is 107 Å². The summed E-state index contributed by atoms with van der Waals surface area (Å²) in [5, 5.41) is 6.71. The molecule has 0 radical (unpaired) electrons. The van der Waals surface area contributed by atoms with E-state index >= 15 is 0 Å². The van der Waals surface area contributed by atoms with Crippen LogP contribution in [0.5, 0.6) is 11.5 Å². The molecule has 1 N–H and O–H groups in total. The molecule has 0 heterocycles. The predicted molar refractivity (Wildman–Crippen MR) is 123 cm³/mol. The van der Waals surface area contributed by atoms with Crippen molar-refractivity contribution in [3.05, 3.63) is 47.0 Å². The van der Waals surface area contributed by atoms with Gasteiger partial charge >= 0.3 is 0 Å². The number of ether oxygens (including phenoxy) is 2. The van der Waals surface area contributed by atoms with Crippen molar-refractivity contribution in [2.75, 3.05) is 39.2 Å². The van der Waals surface area contributed by atoms with E-state index in [4.69, 9.17) is 25.9 Å². The van der Waals surface area contributed by atoms with Gasteiger partial charge in [0.15, 0.2) is 18.1 Å². The van der Waals surface area contributed by atoms with Gasteiger partial charge in [0.25, 0.3) is 5.91 Å². The van der Waals surface area contributed by atoms with Crippen LogP contribution in [0.25, 0.3) is 0 Å². The number of nitrogens with zero attached hydrogens (tertiary/aromatic N) is 2. The average Bonchev–Trinajstić information content (AvgIpc) is 2.77. The molecule has 0 atom stereocenters. The molecular formula is C21H26ClN3O6S. The SMILES string of the molecule is CCN(CC)S(=O)(=O)c1ccc(NC(=O)CO/N=C/c2cc(Cl)c(OC)c(OC)c2)cc1. The Kier molecular flexibility index (Phi) is 9.30. The molecule has 2 aromatic carbocycles. The highest BCUT2D eigenvalue weighted by Crippen LogP contribution is 2.35. The molecule has 0 saturated carbocycles. The fourth-order valence-electron chi connectivity index (χ4n) is 2.83. The van der Waals surface area contributed by atoms with Crippen LogP contribution in [0.4, 0.5) is 5.69 Å². The van der Waals surface area contributed by atoms with Crippen molar-refractivity contribution in [1.82, 2.24) is 4.31 Å². The molecule has 0 aliphatic rings. The summed E-state index contributed by atoms with van der Waals surface area (Å²) in [6.07, 6.45) is 1.38. The monoisotopic (exact) mass is 483 g/mol. The number of nitrogens with one attached hydrogen (secondary N) is 1. The van der Waals surface area contributed by atoms with Crippen LogP contribution in [0, 0.1) is 0 Å². The van der Waals surface area contributed by atoms with E-state index < -0.39 is 15.9 Å². The maximum atomic E-state index is 12.5. The molecular weight excluding hydrogens is 458 g/mol. The van der Waals surface area contributed by atoms with Crippen LogP contribution in [0.3, 0.4) is 0 Å². The van der Waals surface area contributed by atoms with Crippen molar-refractivity contribution in [3.8, 4) is 11.5 Å². The number of methoxy groups -OCH3 is 2. The number of sulfonamides is 1. The van der Waals surface area contributed by atoms with Crippen molar-refractivity contribution in [3.63, 3.8) is 0 Å². The summed E-state index contributed by atoms with van der Waals surface area (Å²) in [6, 6.07) is 9.20. The molecule has 0 aliphatic carbocycles. The van der Waals surface area contributed by atoms with Gasteiger partial charge in [-0.2, -0.15) is 4.31 Å². The molecule has 0 unspecified atom stereocenters. The zero-order valence-electron chi connectivity index (χ0n) is 18.3. The van der Waals surface area contributed by atoms with Gasteiger partial charge in [0.05, 0.1) is 30.4 Å². The van der Waals surface area contributed by atoms with Crippen LogP contribution in [0.15, 0.2) is 46.4 Å². The number of benzene rings is 2. The first-order valence-electron chi connectivity index (χ1n) is 9.73. The van der Waals surface area contributed by atoms with E-state index in [2.05, 4.69) is 10.5 Å². The molecule has 0 fully saturated rings. The van der Waals surface area contributed by atoms with Crippen LogP contribution >= 0.6 is 11.6 Å². The van der Waals surface area contributed by atoms with Gasteiger partial charge in [-0.3, -0.25) is 4.79 Å². The Morgan fingerprint density at radius 1 is 1.12 bits per heavy atom. The summed E-state index contributed by atoms with van der Waals surface area (Å²) in [7, 11) is -0.582. The van der Waals surface area contributed by atoms with Crippen LogP contribution < -0.4 is 14.8 Å². The molecule has 0 aliphatic heterocycles. The number of amides is 1. The van der Waals surface area contributed by atoms with Gasteiger partial charge in [-0.05, 0) is 36.4 Å². The summed E-state index contributed by atoms with van der Waals surface area (Å²) < 4.78 is 36.7. The Labute approximate surface area is 192 Å². The number of oxime groups is 1. The van der Waals surface area contributed by atoms with Crippen molar-refractivity contribution in [2.24, 2.45) is 5.16 Å². The van der Waals surface area contributed by atoms with Crippen molar-refractivity contribution >= 4 is 39.4 Å². The molecule has 2 rings (SSSR count). The summed E-state index contributed by atoms with van der Waals surface area (Å²) in [5.74, 6) is 0.389. The van der Waals surface area contributed by atoms with Crippen molar-refractivity contribution in [1.29, 1.82) is 0 Å². The fraction of sp³-hybridized carbons (Fsp3) is 0.333. The van der Waals surface area contributed by atoms with Crippen LogP contribution in [-0.2, 0) is 19.7 Å². The molecule has 0 bridgehead atoms.